The monoisotopic (exact) mass is 225 g/mol. The van der Waals surface area contributed by atoms with Gasteiger partial charge in [-0.1, -0.05) is 26.7 Å². The summed E-state index contributed by atoms with van der Waals surface area (Å²) in [7, 11) is 0. The maximum absolute atomic E-state index is 10.5. The summed E-state index contributed by atoms with van der Waals surface area (Å²) in [5, 5.41) is 14.1. The molecule has 4 atom stereocenters. The molecule has 2 rings (SSSR count). The van der Waals surface area contributed by atoms with Crippen LogP contribution >= 0.6 is 0 Å². The third-order valence-electron chi connectivity index (χ3n) is 4.48. The first-order valence-electron chi connectivity index (χ1n) is 7.03. The lowest BCUT2D eigenvalue weighted by Gasteiger charge is -2.36. The van der Waals surface area contributed by atoms with Gasteiger partial charge in [0.1, 0.15) is 0 Å². The van der Waals surface area contributed by atoms with Crippen LogP contribution in [-0.4, -0.2) is 23.3 Å². The van der Waals surface area contributed by atoms with E-state index >= 15 is 0 Å². The maximum atomic E-state index is 10.5. The molecule has 2 heteroatoms. The van der Waals surface area contributed by atoms with Gasteiger partial charge < -0.3 is 10.4 Å². The Morgan fingerprint density at radius 1 is 1.19 bits per heavy atom. The van der Waals surface area contributed by atoms with E-state index in [1.165, 1.54) is 32.1 Å². The molecule has 0 aliphatic heterocycles. The third-order valence-corrected chi connectivity index (χ3v) is 4.48. The molecule has 2 aliphatic rings. The minimum absolute atomic E-state index is 0.413. The lowest BCUT2D eigenvalue weighted by Crippen LogP contribution is -2.46. The summed E-state index contributed by atoms with van der Waals surface area (Å²) in [6, 6.07) is 0.663. The second-order valence-electron chi connectivity index (χ2n) is 6.42. The summed E-state index contributed by atoms with van der Waals surface area (Å²) in [5.74, 6) is 1.57. The van der Waals surface area contributed by atoms with Crippen LogP contribution in [0.4, 0.5) is 0 Å². The van der Waals surface area contributed by atoms with Gasteiger partial charge in [0.2, 0.25) is 0 Å². The van der Waals surface area contributed by atoms with Gasteiger partial charge in [-0.25, -0.2) is 0 Å². The SMILES string of the molecule is CC1CCC(NCC2(O)CCCC(C)C2)C1. The van der Waals surface area contributed by atoms with Gasteiger partial charge >= 0.3 is 0 Å². The molecular weight excluding hydrogens is 198 g/mol. The van der Waals surface area contributed by atoms with Gasteiger partial charge in [0.05, 0.1) is 5.60 Å². The zero-order valence-corrected chi connectivity index (χ0v) is 10.8. The average Bonchev–Trinajstić information content (AvgIpc) is 2.61. The van der Waals surface area contributed by atoms with E-state index in [9.17, 15) is 5.11 Å². The molecule has 2 N–H and O–H groups in total. The van der Waals surface area contributed by atoms with Gasteiger partial charge in [-0.2, -0.15) is 0 Å². The summed E-state index contributed by atoms with van der Waals surface area (Å²) >= 11 is 0. The Kier molecular flexibility index (Phi) is 3.91. The second kappa shape index (κ2) is 5.05. The molecule has 0 spiro atoms. The Bertz CT molecular complexity index is 231. The predicted octanol–water partition coefficient (Wildman–Crippen LogP) is 2.71. The fourth-order valence-corrected chi connectivity index (χ4v) is 3.52. The van der Waals surface area contributed by atoms with Crippen molar-refractivity contribution < 1.29 is 5.11 Å². The van der Waals surface area contributed by atoms with Crippen molar-refractivity contribution in [3.8, 4) is 0 Å². The second-order valence-corrected chi connectivity index (χ2v) is 6.42. The van der Waals surface area contributed by atoms with Crippen LogP contribution in [0.3, 0.4) is 0 Å². The smallest absolute Gasteiger partial charge is 0.0774 e. The fourth-order valence-electron chi connectivity index (χ4n) is 3.52. The molecule has 4 unspecified atom stereocenters. The number of aliphatic hydroxyl groups is 1. The first kappa shape index (κ1) is 12.4. The number of nitrogens with one attached hydrogen (secondary N) is 1. The first-order chi connectivity index (χ1) is 7.57. The summed E-state index contributed by atoms with van der Waals surface area (Å²) in [4.78, 5) is 0. The quantitative estimate of drug-likeness (QED) is 0.774. The normalized spacial score (nSPS) is 44.8. The molecule has 2 saturated carbocycles. The number of hydrogen-bond donors (Lipinski definition) is 2. The van der Waals surface area contributed by atoms with Crippen molar-refractivity contribution in [3.05, 3.63) is 0 Å². The predicted molar refractivity (Wildman–Crippen MR) is 67.4 cm³/mol. The van der Waals surface area contributed by atoms with E-state index in [1.807, 2.05) is 0 Å². The first-order valence-corrected chi connectivity index (χ1v) is 7.03. The van der Waals surface area contributed by atoms with E-state index in [2.05, 4.69) is 19.2 Å². The standard InChI is InChI=1S/C14H27NO/c1-11-5-6-13(8-11)15-10-14(16)7-3-4-12(2)9-14/h11-13,15-16H,3-10H2,1-2H3. The molecule has 2 fully saturated rings. The van der Waals surface area contributed by atoms with E-state index in [4.69, 9.17) is 0 Å². The highest BCUT2D eigenvalue weighted by Crippen LogP contribution is 2.32. The molecule has 0 aromatic rings. The molecule has 0 amide bonds. The van der Waals surface area contributed by atoms with Crippen LogP contribution in [0.15, 0.2) is 0 Å². The van der Waals surface area contributed by atoms with E-state index in [0.29, 0.717) is 12.0 Å². The van der Waals surface area contributed by atoms with Gasteiger partial charge in [-0.05, 0) is 43.9 Å². The summed E-state index contributed by atoms with van der Waals surface area (Å²) < 4.78 is 0. The molecule has 0 aromatic heterocycles. The van der Waals surface area contributed by atoms with Crippen molar-refractivity contribution in [2.24, 2.45) is 11.8 Å². The van der Waals surface area contributed by atoms with Crippen LogP contribution in [0.5, 0.6) is 0 Å². The lowest BCUT2D eigenvalue weighted by molar-refractivity contribution is -0.0136. The van der Waals surface area contributed by atoms with Crippen LogP contribution in [0.25, 0.3) is 0 Å². The molecule has 0 bridgehead atoms. The zero-order valence-electron chi connectivity index (χ0n) is 10.8. The molecule has 0 saturated heterocycles. The highest BCUT2D eigenvalue weighted by molar-refractivity contribution is 4.89. The van der Waals surface area contributed by atoms with Crippen molar-refractivity contribution >= 4 is 0 Å². The lowest BCUT2D eigenvalue weighted by atomic mass is 9.79. The molecule has 2 nitrogen and oxygen atoms in total. The molecule has 0 radical (unpaired) electrons. The van der Waals surface area contributed by atoms with E-state index in [0.717, 1.165) is 25.3 Å². The fraction of sp³-hybridized carbons (Fsp3) is 1.00. The van der Waals surface area contributed by atoms with Crippen LogP contribution in [-0.2, 0) is 0 Å². The van der Waals surface area contributed by atoms with Crippen molar-refractivity contribution in [3.63, 3.8) is 0 Å². The largest absolute Gasteiger partial charge is 0.389 e. The Labute approximate surface area is 99.8 Å². The van der Waals surface area contributed by atoms with Crippen molar-refractivity contribution in [2.75, 3.05) is 6.54 Å². The molecule has 0 heterocycles. The molecular formula is C14H27NO. The van der Waals surface area contributed by atoms with Gasteiger partial charge in [-0.3, -0.25) is 0 Å². The highest BCUT2D eigenvalue weighted by Gasteiger charge is 2.33. The minimum Gasteiger partial charge on any atom is -0.389 e. The Morgan fingerprint density at radius 2 is 2.00 bits per heavy atom. The van der Waals surface area contributed by atoms with Gasteiger partial charge in [-0.15, -0.1) is 0 Å². The molecule has 0 aromatic carbocycles. The highest BCUT2D eigenvalue weighted by atomic mass is 16.3. The molecule has 94 valence electrons. The zero-order chi connectivity index (χ0) is 11.6. The average molecular weight is 225 g/mol. The summed E-state index contributed by atoms with van der Waals surface area (Å²) in [6.07, 6.45) is 8.42. The van der Waals surface area contributed by atoms with Crippen molar-refractivity contribution in [1.82, 2.24) is 5.32 Å². The Morgan fingerprint density at radius 3 is 2.62 bits per heavy atom. The maximum Gasteiger partial charge on any atom is 0.0774 e. The van der Waals surface area contributed by atoms with Crippen molar-refractivity contribution in [1.29, 1.82) is 0 Å². The van der Waals surface area contributed by atoms with Crippen LogP contribution < -0.4 is 5.32 Å². The van der Waals surface area contributed by atoms with Crippen molar-refractivity contribution in [2.45, 2.75) is 70.4 Å². The van der Waals surface area contributed by atoms with Crippen LogP contribution in [0, 0.1) is 11.8 Å². The number of rotatable bonds is 3. The number of hydrogen-bond acceptors (Lipinski definition) is 2. The summed E-state index contributed by atoms with van der Waals surface area (Å²) in [5.41, 5.74) is -0.413. The third kappa shape index (κ3) is 3.21. The van der Waals surface area contributed by atoms with Gasteiger partial charge in [0, 0.05) is 12.6 Å². The van der Waals surface area contributed by atoms with Crippen LogP contribution in [0.2, 0.25) is 0 Å². The Balaban J connectivity index is 1.75. The van der Waals surface area contributed by atoms with E-state index in [-0.39, 0.29) is 0 Å². The van der Waals surface area contributed by atoms with Crippen LogP contribution in [0.1, 0.15) is 58.8 Å². The topological polar surface area (TPSA) is 32.3 Å². The van der Waals surface area contributed by atoms with E-state index < -0.39 is 5.60 Å². The Hall–Kier alpha value is -0.0800. The van der Waals surface area contributed by atoms with E-state index in [1.54, 1.807) is 0 Å². The van der Waals surface area contributed by atoms with Gasteiger partial charge in [0.15, 0.2) is 0 Å². The minimum atomic E-state index is -0.413. The molecule has 2 aliphatic carbocycles. The summed E-state index contributed by atoms with van der Waals surface area (Å²) in [6.45, 7) is 5.41. The molecule has 16 heavy (non-hydrogen) atoms. The van der Waals surface area contributed by atoms with Gasteiger partial charge in [0.25, 0.3) is 0 Å².